The smallest absolute Gasteiger partial charge is 0.119 e. The Morgan fingerprint density at radius 1 is 0.579 bits per heavy atom. The zero-order valence-electron chi connectivity index (χ0n) is 13.0. The van der Waals surface area contributed by atoms with Crippen molar-refractivity contribution in [1.29, 1.82) is 0 Å². The molecular formula is C18H34O. The van der Waals surface area contributed by atoms with E-state index < -0.39 is 0 Å². The molecule has 0 heterocycles. The molecule has 0 radical (unpaired) electrons. The molecule has 1 nitrogen and oxygen atoms in total. The van der Waals surface area contributed by atoms with E-state index >= 15 is 0 Å². The van der Waals surface area contributed by atoms with Crippen LogP contribution >= 0.6 is 0 Å². The van der Waals surface area contributed by atoms with E-state index in [-0.39, 0.29) is 0 Å². The van der Waals surface area contributed by atoms with Crippen molar-refractivity contribution < 1.29 is 4.79 Å². The summed E-state index contributed by atoms with van der Waals surface area (Å²) in [6, 6.07) is 0. The first kappa shape index (κ1) is 18.4. The molecule has 0 spiro atoms. The summed E-state index contributed by atoms with van der Waals surface area (Å²) in [5, 5.41) is 0. The topological polar surface area (TPSA) is 17.1 Å². The Morgan fingerprint density at radius 3 is 1.47 bits per heavy atom. The zero-order chi connectivity index (χ0) is 14.0. The molecule has 0 saturated carbocycles. The van der Waals surface area contributed by atoms with Crippen molar-refractivity contribution >= 4 is 6.29 Å². The zero-order valence-corrected chi connectivity index (χ0v) is 13.0. The number of carbonyl (C=O) groups excluding carboxylic acids is 1. The molecule has 0 bridgehead atoms. The molecule has 0 atom stereocenters. The fourth-order valence-corrected chi connectivity index (χ4v) is 2.31. The third kappa shape index (κ3) is 17.4. The Balaban J connectivity index is 2.97. The average Bonchev–Trinajstić information content (AvgIpc) is 2.43. The Kier molecular flexibility index (Phi) is 16.9. The summed E-state index contributed by atoms with van der Waals surface area (Å²) in [7, 11) is 0. The highest BCUT2D eigenvalue weighted by Gasteiger charge is 1.92. The van der Waals surface area contributed by atoms with Gasteiger partial charge in [-0.15, -0.1) is 0 Å². The van der Waals surface area contributed by atoms with E-state index in [1.807, 2.05) is 0 Å². The second-order valence-electron chi connectivity index (χ2n) is 5.54. The van der Waals surface area contributed by atoms with Gasteiger partial charge in [0.2, 0.25) is 0 Å². The molecule has 1 heteroatoms. The third-order valence-corrected chi connectivity index (χ3v) is 3.56. The van der Waals surface area contributed by atoms with Gasteiger partial charge in [0.25, 0.3) is 0 Å². The molecule has 0 fully saturated rings. The van der Waals surface area contributed by atoms with Gasteiger partial charge in [-0.05, 0) is 25.7 Å². The standard InChI is InChI=1S/C18H34O/c1-2-3-4-5-6-7-8-9-10-11-12-13-14-15-16-17-18-19/h4-5,18H,2-3,6-17H2,1H3/b5-4+. The van der Waals surface area contributed by atoms with Crippen LogP contribution in [0.2, 0.25) is 0 Å². The summed E-state index contributed by atoms with van der Waals surface area (Å²) in [5.41, 5.74) is 0. The number of allylic oxidation sites excluding steroid dienone is 2. The molecule has 112 valence electrons. The molecule has 0 amide bonds. The van der Waals surface area contributed by atoms with Gasteiger partial charge in [-0.1, -0.05) is 76.9 Å². The quantitative estimate of drug-likeness (QED) is 0.195. The first-order chi connectivity index (χ1) is 9.41. The maximum absolute atomic E-state index is 10.1. The van der Waals surface area contributed by atoms with E-state index in [1.165, 1.54) is 77.0 Å². The summed E-state index contributed by atoms with van der Waals surface area (Å²) in [4.78, 5) is 10.1. The first-order valence-electron chi connectivity index (χ1n) is 8.50. The van der Waals surface area contributed by atoms with E-state index in [0.29, 0.717) is 0 Å². The molecule has 0 aromatic carbocycles. The van der Waals surface area contributed by atoms with Gasteiger partial charge in [0, 0.05) is 6.42 Å². The van der Waals surface area contributed by atoms with E-state index in [1.54, 1.807) is 0 Å². The molecule has 0 aromatic rings. The lowest BCUT2D eigenvalue weighted by molar-refractivity contribution is -0.107. The SMILES string of the molecule is CCC/C=C/CCCCCCCCCCCCC=O. The van der Waals surface area contributed by atoms with Gasteiger partial charge in [-0.2, -0.15) is 0 Å². The second kappa shape index (κ2) is 17.4. The van der Waals surface area contributed by atoms with Crippen LogP contribution in [0, 0.1) is 0 Å². The molecule has 0 aromatic heterocycles. The number of hydrogen-bond acceptors (Lipinski definition) is 1. The van der Waals surface area contributed by atoms with Crippen LogP contribution in [0.25, 0.3) is 0 Å². The Hall–Kier alpha value is -0.590. The second-order valence-corrected chi connectivity index (χ2v) is 5.54. The van der Waals surface area contributed by atoms with Crippen LogP contribution in [0.4, 0.5) is 0 Å². The fourth-order valence-electron chi connectivity index (χ4n) is 2.31. The highest BCUT2D eigenvalue weighted by Crippen LogP contribution is 2.11. The van der Waals surface area contributed by atoms with Crippen molar-refractivity contribution in [2.24, 2.45) is 0 Å². The summed E-state index contributed by atoms with van der Waals surface area (Å²) >= 11 is 0. The predicted octanol–water partition coefficient (Wildman–Crippen LogP) is 6.22. The lowest BCUT2D eigenvalue weighted by atomic mass is 10.1. The van der Waals surface area contributed by atoms with Gasteiger partial charge in [0.05, 0.1) is 0 Å². The van der Waals surface area contributed by atoms with E-state index in [0.717, 1.165) is 19.1 Å². The minimum Gasteiger partial charge on any atom is -0.303 e. The van der Waals surface area contributed by atoms with Crippen LogP contribution in [0.15, 0.2) is 12.2 Å². The van der Waals surface area contributed by atoms with Crippen LogP contribution in [-0.4, -0.2) is 6.29 Å². The van der Waals surface area contributed by atoms with Crippen LogP contribution in [0.5, 0.6) is 0 Å². The molecule has 0 rings (SSSR count). The minimum absolute atomic E-state index is 0.757. The molecule has 0 aliphatic carbocycles. The van der Waals surface area contributed by atoms with Gasteiger partial charge in [-0.3, -0.25) is 0 Å². The molecule has 0 saturated heterocycles. The van der Waals surface area contributed by atoms with Crippen molar-refractivity contribution in [3.8, 4) is 0 Å². The lowest BCUT2D eigenvalue weighted by Gasteiger charge is -2.01. The maximum atomic E-state index is 10.1. The van der Waals surface area contributed by atoms with Crippen molar-refractivity contribution in [2.75, 3.05) is 0 Å². The van der Waals surface area contributed by atoms with Gasteiger partial charge >= 0.3 is 0 Å². The van der Waals surface area contributed by atoms with Crippen LogP contribution in [0.3, 0.4) is 0 Å². The van der Waals surface area contributed by atoms with Crippen molar-refractivity contribution in [2.45, 2.75) is 96.8 Å². The van der Waals surface area contributed by atoms with E-state index in [9.17, 15) is 4.79 Å². The number of carbonyl (C=O) groups is 1. The molecule has 0 aliphatic rings. The van der Waals surface area contributed by atoms with E-state index in [4.69, 9.17) is 0 Å². The van der Waals surface area contributed by atoms with E-state index in [2.05, 4.69) is 19.1 Å². The average molecular weight is 266 g/mol. The normalized spacial score (nSPS) is 11.2. The Bertz CT molecular complexity index is 196. The predicted molar refractivity (Wildman–Crippen MR) is 85.5 cm³/mol. The summed E-state index contributed by atoms with van der Waals surface area (Å²) in [6.07, 6.45) is 23.6. The van der Waals surface area contributed by atoms with Gasteiger partial charge in [0.1, 0.15) is 6.29 Å². The lowest BCUT2D eigenvalue weighted by Crippen LogP contribution is -1.82. The van der Waals surface area contributed by atoms with Gasteiger partial charge in [-0.25, -0.2) is 0 Å². The number of hydrogen-bond donors (Lipinski definition) is 0. The van der Waals surface area contributed by atoms with Crippen molar-refractivity contribution in [3.05, 3.63) is 12.2 Å². The Morgan fingerprint density at radius 2 is 1.00 bits per heavy atom. The monoisotopic (exact) mass is 266 g/mol. The molecule has 19 heavy (non-hydrogen) atoms. The van der Waals surface area contributed by atoms with Gasteiger partial charge < -0.3 is 4.79 Å². The van der Waals surface area contributed by atoms with Crippen LogP contribution in [0.1, 0.15) is 96.8 Å². The fraction of sp³-hybridized carbons (Fsp3) is 0.833. The minimum atomic E-state index is 0.757. The number of unbranched alkanes of at least 4 members (excludes halogenated alkanes) is 12. The highest BCUT2D eigenvalue weighted by atomic mass is 16.1. The largest absolute Gasteiger partial charge is 0.303 e. The van der Waals surface area contributed by atoms with Crippen LogP contribution in [-0.2, 0) is 4.79 Å². The number of rotatable bonds is 15. The molecule has 0 unspecified atom stereocenters. The highest BCUT2D eigenvalue weighted by molar-refractivity contribution is 5.48. The first-order valence-corrected chi connectivity index (χ1v) is 8.50. The van der Waals surface area contributed by atoms with Crippen molar-refractivity contribution in [3.63, 3.8) is 0 Å². The van der Waals surface area contributed by atoms with Crippen molar-refractivity contribution in [1.82, 2.24) is 0 Å². The molecular weight excluding hydrogens is 232 g/mol. The summed E-state index contributed by atoms with van der Waals surface area (Å²) in [6.45, 7) is 2.23. The Labute approximate surface area is 120 Å². The number of aldehydes is 1. The maximum Gasteiger partial charge on any atom is 0.119 e. The van der Waals surface area contributed by atoms with Gasteiger partial charge in [0.15, 0.2) is 0 Å². The van der Waals surface area contributed by atoms with Crippen LogP contribution < -0.4 is 0 Å². The molecule has 0 aliphatic heterocycles. The third-order valence-electron chi connectivity index (χ3n) is 3.56. The summed E-state index contributed by atoms with van der Waals surface area (Å²) < 4.78 is 0. The molecule has 0 N–H and O–H groups in total. The summed E-state index contributed by atoms with van der Waals surface area (Å²) in [5.74, 6) is 0.